The number of fused-ring (bicyclic) bond motifs is 1. The van der Waals surface area contributed by atoms with Gasteiger partial charge in [-0.1, -0.05) is 12.1 Å². The highest BCUT2D eigenvalue weighted by atomic mass is 32.1. The zero-order chi connectivity index (χ0) is 18.8. The second-order valence-electron chi connectivity index (χ2n) is 6.46. The Kier molecular flexibility index (Phi) is 4.87. The van der Waals surface area contributed by atoms with E-state index in [4.69, 9.17) is 0 Å². The minimum absolute atomic E-state index is 0.0250. The van der Waals surface area contributed by atoms with E-state index in [0.717, 1.165) is 25.9 Å². The van der Waals surface area contributed by atoms with E-state index in [9.17, 15) is 14.9 Å². The average Bonchev–Trinajstić information content (AvgIpc) is 3.36. The lowest BCUT2D eigenvalue weighted by Gasteiger charge is -2.27. The third-order valence-electron chi connectivity index (χ3n) is 4.81. The standard InChI is InChI=1S/C18H19N5O3S/c24-18-16(23(25)26)17(20-15-7-1-2-10-22(15)18)19-12-13(14-6-5-11-27-14)21-8-3-4-9-21/h1-2,5-7,10-11,13,19H,3-4,8-9,12H2. The molecule has 4 heterocycles. The van der Waals surface area contributed by atoms with Crippen molar-refractivity contribution in [3.8, 4) is 0 Å². The van der Waals surface area contributed by atoms with Crippen LogP contribution in [0.25, 0.3) is 5.65 Å². The molecule has 1 fully saturated rings. The van der Waals surface area contributed by atoms with Crippen LogP contribution in [0.5, 0.6) is 0 Å². The molecular formula is C18H19N5O3S. The van der Waals surface area contributed by atoms with Gasteiger partial charge >= 0.3 is 11.2 Å². The van der Waals surface area contributed by atoms with Crippen LogP contribution in [0.2, 0.25) is 0 Å². The largest absolute Gasteiger partial charge is 0.376 e. The fraction of sp³-hybridized carbons (Fsp3) is 0.333. The monoisotopic (exact) mass is 385 g/mol. The quantitative estimate of drug-likeness (QED) is 0.518. The fourth-order valence-corrected chi connectivity index (χ4v) is 4.37. The number of thiophene rings is 1. The van der Waals surface area contributed by atoms with Crippen molar-refractivity contribution >= 4 is 28.5 Å². The first-order valence-electron chi connectivity index (χ1n) is 8.82. The van der Waals surface area contributed by atoms with Crippen LogP contribution in [0.3, 0.4) is 0 Å². The Labute approximate surface area is 159 Å². The van der Waals surface area contributed by atoms with Crippen molar-refractivity contribution in [1.29, 1.82) is 0 Å². The maximum atomic E-state index is 12.6. The third kappa shape index (κ3) is 3.43. The highest BCUT2D eigenvalue weighted by Gasteiger charge is 2.27. The number of anilines is 1. The number of nitrogens with zero attached hydrogens (tertiary/aromatic N) is 4. The SMILES string of the molecule is O=c1c([N+](=O)[O-])c(NCC(c2cccs2)N2CCCC2)nc2ccccn12. The zero-order valence-electron chi connectivity index (χ0n) is 14.6. The molecule has 0 bridgehead atoms. The van der Waals surface area contributed by atoms with Gasteiger partial charge in [0.15, 0.2) is 0 Å². The first kappa shape index (κ1) is 17.6. The average molecular weight is 385 g/mol. The Morgan fingerprint density at radius 3 is 2.78 bits per heavy atom. The summed E-state index contributed by atoms with van der Waals surface area (Å²) < 4.78 is 1.19. The molecule has 0 aromatic carbocycles. The molecule has 9 heteroatoms. The molecule has 1 N–H and O–H groups in total. The molecule has 0 saturated carbocycles. The van der Waals surface area contributed by atoms with E-state index < -0.39 is 16.2 Å². The lowest BCUT2D eigenvalue weighted by Crippen LogP contribution is -2.31. The Morgan fingerprint density at radius 1 is 1.26 bits per heavy atom. The summed E-state index contributed by atoms with van der Waals surface area (Å²) in [7, 11) is 0. The van der Waals surface area contributed by atoms with E-state index in [-0.39, 0.29) is 11.9 Å². The number of pyridine rings is 1. The molecule has 1 atom stereocenters. The lowest BCUT2D eigenvalue weighted by molar-refractivity contribution is -0.385. The summed E-state index contributed by atoms with van der Waals surface area (Å²) >= 11 is 1.67. The van der Waals surface area contributed by atoms with Gasteiger partial charge in [0.25, 0.3) is 0 Å². The van der Waals surface area contributed by atoms with Gasteiger partial charge in [-0.25, -0.2) is 4.98 Å². The van der Waals surface area contributed by atoms with E-state index in [1.807, 2.05) is 11.4 Å². The molecule has 0 spiro atoms. The molecule has 3 aromatic rings. The van der Waals surface area contributed by atoms with Crippen molar-refractivity contribution in [2.24, 2.45) is 0 Å². The molecule has 1 aliphatic heterocycles. The van der Waals surface area contributed by atoms with E-state index in [2.05, 4.69) is 21.3 Å². The molecule has 1 saturated heterocycles. The molecule has 140 valence electrons. The van der Waals surface area contributed by atoms with Gasteiger partial charge in [0.05, 0.1) is 11.0 Å². The number of rotatable bonds is 6. The van der Waals surface area contributed by atoms with Crippen molar-refractivity contribution < 1.29 is 4.92 Å². The Bertz CT molecular complexity index is 1010. The van der Waals surface area contributed by atoms with Crippen molar-refractivity contribution in [2.75, 3.05) is 25.0 Å². The number of likely N-dealkylation sites (tertiary alicyclic amines) is 1. The van der Waals surface area contributed by atoms with Crippen molar-refractivity contribution in [1.82, 2.24) is 14.3 Å². The molecule has 1 aliphatic rings. The first-order valence-corrected chi connectivity index (χ1v) is 9.70. The number of hydrogen-bond donors (Lipinski definition) is 1. The summed E-state index contributed by atoms with van der Waals surface area (Å²) in [5, 5.41) is 16.6. The van der Waals surface area contributed by atoms with Gasteiger partial charge in [-0.2, -0.15) is 0 Å². The fourth-order valence-electron chi connectivity index (χ4n) is 3.50. The highest BCUT2D eigenvalue weighted by molar-refractivity contribution is 7.10. The van der Waals surface area contributed by atoms with Crippen LogP contribution in [0.1, 0.15) is 23.8 Å². The van der Waals surface area contributed by atoms with Gasteiger partial charge in [-0.15, -0.1) is 11.3 Å². The lowest BCUT2D eigenvalue weighted by atomic mass is 10.2. The summed E-state index contributed by atoms with van der Waals surface area (Å²) in [5.74, 6) is 0.0250. The van der Waals surface area contributed by atoms with Gasteiger partial charge in [0.2, 0.25) is 5.82 Å². The molecule has 8 nitrogen and oxygen atoms in total. The maximum Gasteiger partial charge on any atom is 0.376 e. The molecule has 4 rings (SSSR count). The molecule has 1 unspecified atom stereocenters. The number of nitro groups is 1. The molecule has 0 radical (unpaired) electrons. The summed E-state index contributed by atoms with van der Waals surface area (Å²) in [4.78, 5) is 31.3. The molecule has 3 aromatic heterocycles. The second-order valence-corrected chi connectivity index (χ2v) is 7.43. The minimum Gasteiger partial charge on any atom is -0.362 e. The Morgan fingerprint density at radius 2 is 2.07 bits per heavy atom. The van der Waals surface area contributed by atoms with Crippen molar-refractivity contribution in [2.45, 2.75) is 18.9 Å². The van der Waals surface area contributed by atoms with E-state index in [0.29, 0.717) is 12.2 Å². The Hall–Kier alpha value is -2.78. The van der Waals surface area contributed by atoms with Crippen molar-refractivity contribution in [3.05, 3.63) is 67.3 Å². The van der Waals surface area contributed by atoms with Crippen LogP contribution in [0.15, 0.2) is 46.7 Å². The summed E-state index contributed by atoms with van der Waals surface area (Å²) in [5.41, 5.74) is -0.823. The molecule has 27 heavy (non-hydrogen) atoms. The van der Waals surface area contributed by atoms with Gasteiger partial charge in [0.1, 0.15) is 5.65 Å². The van der Waals surface area contributed by atoms with Gasteiger partial charge < -0.3 is 5.32 Å². The van der Waals surface area contributed by atoms with E-state index in [1.54, 1.807) is 29.5 Å². The van der Waals surface area contributed by atoms with Crippen molar-refractivity contribution in [3.63, 3.8) is 0 Å². The number of aromatic nitrogens is 2. The second kappa shape index (κ2) is 7.45. The maximum absolute atomic E-state index is 12.6. The van der Waals surface area contributed by atoms with Gasteiger partial charge in [0, 0.05) is 17.6 Å². The topological polar surface area (TPSA) is 92.8 Å². The van der Waals surface area contributed by atoms with Crippen LogP contribution >= 0.6 is 11.3 Å². The normalized spacial score (nSPS) is 15.9. The summed E-state index contributed by atoms with van der Waals surface area (Å²) in [6.07, 6.45) is 3.79. The van der Waals surface area contributed by atoms with Gasteiger partial charge in [-0.05, 0) is 49.5 Å². The minimum atomic E-state index is -0.679. The highest BCUT2D eigenvalue weighted by Crippen LogP contribution is 2.29. The van der Waals surface area contributed by atoms with E-state index >= 15 is 0 Å². The summed E-state index contributed by atoms with van der Waals surface area (Å²) in [6.45, 7) is 2.46. The predicted octanol–water partition coefficient (Wildman–Crippen LogP) is 2.91. The van der Waals surface area contributed by atoms with Crippen LogP contribution in [-0.2, 0) is 0 Å². The number of nitrogens with one attached hydrogen (secondary N) is 1. The van der Waals surface area contributed by atoms with E-state index in [1.165, 1.54) is 15.5 Å². The number of hydrogen-bond acceptors (Lipinski definition) is 7. The van der Waals surface area contributed by atoms with Crippen LogP contribution in [-0.4, -0.2) is 38.8 Å². The van der Waals surface area contributed by atoms with Gasteiger partial charge in [-0.3, -0.25) is 24.2 Å². The van der Waals surface area contributed by atoms with Crippen LogP contribution < -0.4 is 10.9 Å². The summed E-state index contributed by atoms with van der Waals surface area (Å²) in [6, 6.07) is 9.23. The van der Waals surface area contributed by atoms with Crippen LogP contribution in [0, 0.1) is 10.1 Å². The predicted molar refractivity (Wildman–Crippen MR) is 104 cm³/mol. The molecular weight excluding hydrogens is 366 g/mol. The Balaban J connectivity index is 1.68. The molecule has 0 aliphatic carbocycles. The third-order valence-corrected chi connectivity index (χ3v) is 5.78. The van der Waals surface area contributed by atoms with Crippen LogP contribution in [0.4, 0.5) is 11.5 Å². The molecule has 0 amide bonds. The smallest absolute Gasteiger partial charge is 0.362 e. The first-order chi connectivity index (χ1) is 13.1. The zero-order valence-corrected chi connectivity index (χ0v) is 15.4.